The molecule has 3 rings (SSSR count). The number of rotatable bonds is 6. The first-order valence-corrected chi connectivity index (χ1v) is 8.69. The van der Waals surface area contributed by atoms with Gasteiger partial charge in [0.2, 0.25) is 0 Å². The summed E-state index contributed by atoms with van der Waals surface area (Å²) < 4.78 is 10.3. The van der Waals surface area contributed by atoms with E-state index in [4.69, 9.17) is 9.47 Å². The second-order valence-electron chi connectivity index (χ2n) is 6.22. The van der Waals surface area contributed by atoms with Crippen molar-refractivity contribution in [2.75, 3.05) is 27.4 Å². The molecule has 0 spiro atoms. The van der Waals surface area contributed by atoms with Gasteiger partial charge in [0.25, 0.3) is 11.7 Å². The van der Waals surface area contributed by atoms with Gasteiger partial charge in [-0.3, -0.25) is 9.59 Å². The van der Waals surface area contributed by atoms with E-state index in [1.807, 2.05) is 0 Å². The predicted molar refractivity (Wildman–Crippen MR) is 102 cm³/mol. The molecule has 0 radical (unpaired) electrons. The molecule has 7 heteroatoms. The lowest BCUT2D eigenvalue weighted by Crippen LogP contribution is -2.32. The average Bonchev–Trinajstić information content (AvgIpc) is 2.98. The summed E-state index contributed by atoms with van der Waals surface area (Å²) in [5.74, 6) is -0.600. The maximum Gasteiger partial charge on any atom is 0.295 e. The van der Waals surface area contributed by atoms with Crippen LogP contribution in [0, 0.1) is 0 Å². The zero-order valence-corrected chi connectivity index (χ0v) is 15.6. The number of Topliss-reactive ketones (excluding diaryl/α,β-unsaturated/α-hetero) is 1. The Hall–Kier alpha value is -3.32. The molecular formula is C21H21NO6. The Labute approximate surface area is 162 Å². The van der Waals surface area contributed by atoms with E-state index in [2.05, 4.69) is 0 Å². The molecule has 0 saturated carbocycles. The number of aliphatic hydroxyl groups is 2. The van der Waals surface area contributed by atoms with Crippen LogP contribution in [0.3, 0.4) is 0 Å². The number of likely N-dealkylation sites (tertiary alicyclic amines) is 1. The summed E-state index contributed by atoms with van der Waals surface area (Å²) in [7, 11) is 3.06. The van der Waals surface area contributed by atoms with E-state index >= 15 is 0 Å². The van der Waals surface area contributed by atoms with Crippen molar-refractivity contribution < 1.29 is 29.3 Å². The number of benzene rings is 2. The molecule has 2 N–H and O–H groups in total. The van der Waals surface area contributed by atoms with Gasteiger partial charge in [0, 0.05) is 12.1 Å². The van der Waals surface area contributed by atoms with E-state index in [9.17, 15) is 19.8 Å². The first-order valence-electron chi connectivity index (χ1n) is 8.69. The van der Waals surface area contributed by atoms with E-state index in [1.54, 1.807) is 48.5 Å². The Morgan fingerprint density at radius 3 is 2.00 bits per heavy atom. The summed E-state index contributed by atoms with van der Waals surface area (Å²) in [6, 6.07) is 12.6. The lowest BCUT2D eigenvalue weighted by Gasteiger charge is -2.24. The number of aliphatic hydroxyl groups excluding tert-OH is 2. The summed E-state index contributed by atoms with van der Waals surface area (Å²) >= 11 is 0. The Morgan fingerprint density at radius 2 is 1.50 bits per heavy atom. The SMILES string of the molecule is COc1ccc(C(O)=C2C(=O)C(=O)N(CCO)[C@@H]2c2ccc(OC)cc2)cc1. The van der Waals surface area contributed by atoms with E-state index in [-0.39, 0.29) is 24.5 Å². The van der Waals surface area contributed by atoms with Crippen molar-refractivity contribution in [2.24, 2.45) is 0 Å². The number of β-amino-alcohol motifs (C(OH)–C–C–N with tert-alkyl or cyclic N) is 1. The van der Waals surface area contributed by atoms with Gasteiger partial charge in [-0.15, -0.1) is 0 Å². The minimum atomic E-state index is -0.805. The summed E-state index contributed by atoms with van der Waals surface area (Å²) in [6.07, 6.45) is 0. The molecule has 146 valence electrons. The molecule has 0 aliphatic carbocycles. The Morgan fingerprint density at radius 1 is 0.964 bits per heavy atom. The number of hydrogen-bond acceptors (Lipinski definition) is 6. The van der Waals surface area contributed by atoms with Crippen molar-refractivity contribution in [3.8, 4) is 11.5 Å². The van der Waals surface area contributed by atoms with Crippen molar-refractivity contribution in [3.05, 3.63) is 65.2 Å². The molecule has 7 nitrogen and oxygen atoms in total. The van der Waals surface area contributed by atoms with Crippen LogP contribution in [0.15, 0.2) is 54.1 Å². The second kappa shape index (κ2) is 8.14. The van der Waals surface area contributed by atoms with Gasteiger partial charge in [-0.25, -0.2) is 0 Å². The molecule has 1 saturated heterocycles. The quantitative estimate of drug-likeness (QED) is 0.451. The lowest BCUT2D eigenvalue weighted by molar-refractivity contribution is -0.140. The number of methoxy groups -OCH3 is 2. The van der Waals surface area contributed by atoms with Gasteiger partial charge in [0.1, 0.15) is 17.3 Å². The van der Waals surface area contributed by atoms with Crippen molar-refractivity contribution in [2.45, 2.75) is 6.04 Å². The molecule has 2 aromatic carbocycles. The van der Waals surface area contributed by atoms with Crippen LogP contribution in [0.25, 0.3) is 5.76 Å². The highest BCUT2D eigenvalue weighted by atomic mass is 16.5. The number of hydrogen-bond donors (Lipinski definition) is 2. The fourth-order valence-electron chi connectivity index (χ4n) is 3.26. The molecule has 0 unspecified atom stereocenters. The summed E-state index contributed by atoms with van der Waals surface area (Å²) in [5.41, 5.74) is 0.999. The Balaban J connectivity index is 2.13. The van der Waals surface area contributed by atoms with Gasteiger partial charge >= 0.3 is 0 Å². The Kier molecular flexibility index (Phi) is 5.65. The van der Waals surface area contributed by atoms with Crippen LogP contribution >= 0.6 is 0 Å². The van der Waals surface area contributed by atoms with Gasteiger partial charge in [-0.2, -0.15) is 0 Å². The van der Waals surface area contributed by atoms with Crippen molar-refractivity contribution in [3.63, 3.8) is 0 Å². The largest absolute Gasteiger partial charge is 0.507 e. The monoisotopic (exact) mass is 383 g/mol. The lowest BCUT2D eigenvalue weighted by atomic mass is 9.95. The van der Waals surface area contributed by atoms with Crippen LogP contribution in [0.2, 0.25) is 0 Å². The molecule has 28 heavy (non-hydrogen) atoms. The zero-order valence-electron chi connectivity index (χ0n) is 15.6. The predicted octanol–water partition coefficient (Wildman–Crippen LogP) is 2.12. The fraction of sp³-hybridized carbons (Fsp3) is 0.238. The number of amides is 1. The van der Waals surface area contributed by atoms with Crippen LogP contribution in [-0.2, 0) is 9.59 Å². The summed E-state index contributed by atoms with van der Waals surface area (Å²) in [6.45, 7) is -0.330. The van der Waals surface area contributed by atoms with E-state index < -0.39 is 17.7 Å². The van der Waals surface area contributed by atoms with Crippen LogP contribution in [0.4, 0.5) is 0 Å². The minimum absolute atomic E-state index is 0.0196. The molecular weight excluding hydrogens is 362 g/mol. The van der Waals surface area contributed by atoms with E-state index in [0.717, 1.165) is 0 Å². The third-order valence-corrected chi connectivity index (χ3v) is 4.68. The maximum atomic E-state index is 12.7. The number of ether oxygens (including phenoxy) is 2. The molecule has 0 aromatic heterocycles. The minimum Gasteiger partial charge on any atom is -0.507 e. The maximum absolute atomic E-state index is 12.7. The van der Waals surface area contributed by atoms with Crippen LogP contribution < -0.4 is 9.47 Å². The molecule has 1 aliphatic rings. The molecule has 1 amide bonds. The number of ketones is 1. The van der Waals surface area contributed by atoms with Gasteiger partial charge in [-0.05, 0) is 42.0 Å². The number of carbonyl (C=O) groups excluding carboxylic acids is 2. The van der Waals surface area contributed by atoms with Crippen molar-refractivity contribution >= 4 is 17.4 Å². The van der Waals surface area contributed by atoms with Gasteiger partial charge in [0.05, 0.1) is 32.4 Å². The molecule has 0 bridgehead atoms. The average molecular weight is 383 g/mol. The normalized spacial score (nSPS) is 18.4. The van der Waals surface area contributed by atoms with E-state index in [0.29, 0.717) is 22.6 Å². The van der Waals surface area contributed by atoms with Crippen molar-refractivity contribution in [1.29, 1.82) is 0 Å². The second-order valence-corrected chi connectivity index (χ2v) is 6.22. The topological polar surface area (TPSA) is 96.3 Å². The van der Waals surface area contributed by atoms with Crippen LogP contribution in [-0.4, -0.2) is 54.2 Å². The molecule has 1 atom stereocenters. The fourth-order valence-corrected chi connectivity index (χ4v) is 3.26. The zero-order chi connectivity index (χ0) is 20.3. The van der Waals surface area contributed by atoms with Gasteiger partial charge < -0.3 is 24.6 Å². The van der Waals surface area contributed by atoms with Gasteiger partial charge in [-0.1, -0.05) is 12.1 Å². The highest BCUT2D eigenvalue weighted by Gasteiger charge is 2.45. The first-order chi connectivity index (χ1) is 13.5. The number of carbonyl (C=O) groups is 2. The highest BCUT2D eigenvalue weighted by molar-refractivity contribution is 6.46. The highest BCUT2D eigenvalue weighted by Crippen LogP contribution is 2.39. The third kappa shape index (κ3) is 3.44. The van der Waals surface area contributed by atoms with Crippen LogP contribution in [0.1, 0.15) is 17.2 Å². The summed E-state index contributed by atoms with van der Waals surface area (Å²) in [5, 5.41) is 20.2. The number of nitrogens with zero attached hydrogens (tertiary/aromatic N) is 1. The van der Waals surface area contributed by atoms with Crippen LogP contribution in [0.5, 0.6) is 11.5 Å². The summed E-state index contributed by atoms with van der Waals surface area (Å²) in [4.78, 5) is 26.5. The smallest absolute Gasteiger partial charge is 0.295 e. The Bertz CT molecular complexity index is 901. The molecule has 1 fully saturated rings. The third-order valence-electron chi connectivity index (χ3n) is 4.68. The molecule has 2 aromatic rings. The van der Waals surface area contributed by atoms with E-state index in [1.165, 1.54) is 19.1 Å². The standard InChI is InChI=1S/C21H21NO6/c1-27-15-7-3-13(4-8-15)18-17(20(25)21(26)22(18)11-12-23)19(24)14-5-9-16(28-2)10-6-14/h3-10,18,23-24H,11-12H2,1-2H3/t18-/m1/s1. The van der Waals surface area contributed by atoms with Crippen molar-refractivity contribution in [1.82, 2.24) is 4.90 Å². The molecule has 1 aliphatic heterocycles. The molecule has 1 heterocycles. The first kappa shape index (κ1) is 19.4. The van der Waals surface area contributed by atoms with Gasteiger partial charge in [0.15, 0.2) is 0 Å².